The van der Waals surface area contributed by atoms with E-state index in [-0.39, 0.29) is 12.3 Å². The van der Waals surface area contributed by atoms with Gasteiger partial charge in [0, 0.05) is 18.0 Å². The largest absolute Gasteiger partial charge is 0.307 e. The summed E-state index contributed by atoms with van der Waals surface area (Å²) in [5, 5.41) is 0. The molecule has 1 aliphatic rings. The summed E-state index contributed by atoms with van der Waals surface area (Å²) in [6.45, 7) is -0.0584. The zero-order valence-electron chi connectivity index (χ0n) is 12.1. The van der Waals surface area contributed by atoms with Crippen LogP contribution in [0.25, 0.3) is 5.65 Å². The smallest absolute Gasteiger partial charge is 0.268 e. The summed E-state index contributed by atoms with van der Waals surface area (Å²) in [6, 6.07) is 12.3. The standard InChI is InChI=1S/C16H13N3O3S/c20-16-14-6-2-1-5-12(14)11-23(21,22)19(16)10-13-9-18-8-4-3-7-15(18)17-13/h1-9H,10-11H2. The molecule has 0 fully saturated rings. The molecular weight excluding hydrogens is 314 g/mol. The number of fused-ring (bicyclic) bond motifs is 2. The fourth-order valence-corrected chi connectivity index (χ4v) is 4.25. The molecule has 3 heterocycles. The van der Waals surface area contributed by atoms with Crippen LogP contribution in [0.4, 0.5) is 0 Å². The summed E-state index contributed by atoms with van der Waals surface area (Å²) in [4.78, 5) is 16.9. The molecular formula is C16H13N3O3S. The number of pyridine rings is 1. The molecule has 0 atom stereocenters. The number of carbonyl (C=O) groups is 1. The lowest BCUT2D eigenvalue weighted by Gasteiger charge is -2.27. The van der Waals surface area contributed by atoms with Gasteiger partial charge in [-0.15, -0.1) is 0 Å². The van der Waals surface area contributed by atoms with Crippen LogP contribution in [0.2, 0.25) is 0 Å². The van der Waals surface area contributed by atoms with Crippen LogP contribution in [0.1, 0.15) is 21.6 Å². The van der Waals surface area contributed by atoms with E-state index in [2.05, 4.69) is 4.98 Å². The molecule has 4 rings (SSSR count). The minimum absolute atomic E-state index is 0.0584. The highest BCUT2D eigenvalue weighted by Crippen LogP contribution is 2.26. The Hall–Kier alpha value is -2.67. The third-order valence-electron chi connectivity index (χ3n) is 3.87. The summed E-state index contributed by atoms with van der Waals surface area (Å²) >= 11 is 0. The number of imidazole rings is 1. The molecule has 116 valence electrons. The van der Waals surface area contributed by atoms with E-state index in [4.69, 9.17) is 0 Å². The van der Waals surface area contributed by atoms with Gasteiger partial charge in [0.15, 0.2) is 0 Å². The Labute approximate surface area is 133 Å². The molecule has 7 heteroatoms. The molecule has 0 aliphatic carbocycles. The summed E-state index contributed by atoms with van der Waals surface area (Å²) in [7, 11) is -3.69. The molecule has 0 spiro atoms. The van der Waals surface area contributed by atoms with Gasteiger partial charge in [-0.3, -0.25) is 4.79 Å². The molecule has 1 aromatic carbocycles. The molecule has 0 N–H and O–H groups in total. The van der Waals surface area contributed by atoms with E-state index in [1.807, 2.05) is 24.4 Å². The highest BCUT2D eigenvalue weighted by Gasteiger charge is 2.36. The molecule has 0 saturated carbocycles. The SMILES string of the molecule is O=C1c2ccccc2CS(=O)(=O)N1Cc1cn2ccccc2n1. The molecule has 6 nitrogen and oxygen atoms in total. The van der Waals surface area contributed by atoms with E-state index in [0.717, 1.165) is 4.31 Å². The topological polar surface area (TPSA) is 71.8 Å². The van der Waals surface area contributed by atoms with Crippen LogP contribution < -0.4 is 0 Å². The minimum Gasteiger partial charge on any atom is -0.307 e. The Kier molecular flexibility index (Phi) is 2.99. The molecule has 3 aromatic rings. The highest BCUT2D eigenvalue weighted by atomic mass is 32.2. The lowest BCUT2D eigenvalue weighted by Crippen LogP contribution is -2.41. The van der Waals surface area contributed by atoms with Crippen LogP contribution >= 0.6 is 0 Å². The van der Waals surface area contributed by atoms with Crippen LogP contribution in [0.5, 0.6) is 0 Å². The quantitative estimate of drug-likeness (QED) is 0.720. The van der Waals surface area contributed by atoms with Crippen LogP contribution in [0, 0.1) is 0 Å². The molecule has 2 aromatic heterocycles. The van der Waals surface area contributed by atoms with Gasteiger partial charge in [-0.1, -0.05) is 24.3 Å². The average molecular weight is 327 g/mol. The second-order valence-electron chi connectivity index (χ2n) is 5.42. The first kappa shape index (κ1) is 14.0. The number of sulfonamides is 1. The van der Waals surface area contributed by atoms with Gasteiger partial charge < -0.3 is 4.40 Å². The molecule has 0 radical (unpaired) electrons. The van der Waals surface area contributed by atoms with Gasteiger partial charge in [0.2, 0.25) is 10.0 Å². The summed E-state index contributed by atoms with van der Waals surface area (Å²) < 4.78 is 27.6. The number of nitrogens with zero attached hydrogens (tertiary/aromatic N) is 3. The third kappa shape index (κ3) is 2.29. The molecule has 23 heavy (non-hydrogen) atoms. The molecule has 1 aliphatic heterocycles. The highest BCUT2D eigenvalue weighted by molar-refractivity contribution is 7.89. The number of aromatic nitrogens is 2. The van der Waals surface area contributed by atoms with Gasteiger partial charge in [-0.25, -0.2) is 17.7 Å². The molecule has 0 saturated heterocycles. The van der Waals surface area contributed by atoms with Gasteiger partial charge in [0.1, 0.15) is 5.65 Å². The number of hydrogen-bond donors (Lipinski definition) is 0. The van der Waals surface area contributed by atoms with Gasteiger partial charge in [0.25, 0.3) is 5.91 Å². The van der Waals surface area contributed by atoms with Gasteiger partial charge in [-0.2, -0.15) is 0 Å². The lowest BCUT2D eigenvalue weighted by atomic mass is 10.1. The first-order valence-electron chi connectivity index (χ1n) is 7.10. The Morgan fingerprint density at radius 1 is 1.09 bits per heavy atom. The second kappa shape index (κ2) is 4.92. The van der Waals surface area contributed by atoms with Crippen molar-refractivity contribution >= 4 is 21.6 Å². The van der Waals surface area contributed by atoms with E-state index in [0.29, 0.717) is 22.5 Å². The van der Waals surface area contributed by atoms with Crippen molar-refractivity contribution in [2.45, 2.75) is 12.3 Å². The molecule has 0 bridgehead atoms. The van der Waals surface area contributed by atoms with E-state index in [9.17, 15) is 13.2 Å². The first-order valence-corrected chi connectivity index (χ1v) is 8.71. The zero-order valence-corrected chi connectivity index (χ0v) is 12.9. The predicted octanol–water partition coefficient (Wildman–Crippen LogP) is 1.82. The van der Waals surface area contributed by atoms with Gasteiger partial charge in [-0.05, 0) is 23.8 Å². The van der Waals surface area contributed by atoms with Gasteiger partial charge >= 0.3 is 0 Å². The lowest BCUT2D eigenvalue weighted by molar-refractivity contribution is 0.0848. The molecule has 1 amide bonds. The van der Waals surface area contributed by atoms with E-state index < -0.39 is 15.9 Å². The summed E-state index contributed by atoms with van der Waals surface area (Å²) in [5.74, 6) is -0.661. The number of amides is 1. The molecule has 0 unspecified atom stereocenters. The van der Waals surface area contributed by atoms with Crippen LogP contribution in [0.3, 0.4) is 0 Å². The fraction of sp³-hybridized carbons (Fsp3) is 0.125. The van der Waals surface area contributed by atoms with Crippen molar-refractivity contribution in [3.63, 3.8) is 0 Å². The van der Waals surface area contributed by atoms with Crippen molar-refractivity contribution in [3.05, 3.63) is 71.7 Å². The Bertz CT molecular complexity index is 991. The minimum atomic E-state index is -3.69. The summed E-state index contributed by atoms with van der Waals surface area (Å²) in [5.41, 5.74) is 2.23. The van der Waals surface area contributed by atoms with Crippen molar-refractivity contribution in [1.82, 2.24) is 13.7 Å². The normalized spacial score (nSPS) is 16.5. The maximum absolute atomic E-state index is 12.6. The number of rotatable bonds is 2. The number of hydrogen-bond acceptors (Lipinski definition) is 4. The zero-order chi connectivity index (χ0) is 16.0. The average Bonchev–Trinajstić information content (AvgIpc) is 2.93. The van der Waals surface area contributed by atoms with Crippen molar-refractivity contribution in [2.75, 3.05) is 0 Å². The van der Waals surface area contributed by atoms with Crippen molar-refractivity contribution in [1.29, 1.82) is 0 Å². The van der Waals surface area contributed by atoms with Crippen molar-refractivity contribution < 1.29 is 13.2 Å². The van der Waals surface area contributed by atoms with E-state index in [1.165, 1.54) is 0 Å². The van der Waals surface area contributed by atoms with E-state index >= 15 is 0 Å². The number of benzene rings is 1. The monoisotopic (exact) mass is 327 g/mol. The van der Waals surface area contributed by atoms with E-state index in [1.54, 1.807) is 34.9 Å². The Morgan fingerprint density at radius 2 is 1.87 bits per heavy atom. The second-order valence-corrected chi connectivity index (χ2v) is 7.32. The van der Waals surface area contributed by atoms with Gasteiger partial charge in [0.05, 0.1) is 18.0 Å². The Balaban J connectivity index is 1.74. The van der Waals surface area contributed by atoms with Crippen LogP contribution in [-0.4, -0.2) is 28.0 Å². The fourth-order valence-electron chi connectivity index (χ4n) is 2.77. The van der Waals surface area contributed by atoms with Crippen molar-refractivity contribution in [3.8, 4) is 0 Å². The van der Waals surface area contributed by atoms with Crippen molar-refractivity contribution in [2.24, 2.45) is 0 Å². The number of carbonyl (C=O) groups excluding carboxylic acids is 1. The van der Waals surface area contributed by atoms with Crippen LogP contribution in [0.15, 0.2) is 54.9 Å². The Morgan fingerprint density at radius 3 is 2.70 bits per heavy atom. The predicted molar refractivity (Wildman–Crippen MR) is 84.1 cm³/mol. The maximum atomic E-state index is 12.6. The van der Waals surface area contributed by atoms with Crippen LogP contribution in [-0.2, 0) is 22.3 Å². The first-order chi connectivity index (χ1) is 11.0. The maximum Gasteiger partial charge on any atom is 0.268 e. The summed E-state index contributed by atoms with van der Waals surface area (Å²) in [6.07, 6.45) is 3.56. The third-order valence-corrected chi connectivity index (χ3v) is 5.51.